The number of guanidine groups is 1. The van der Waals surface area contributed by atoms with Crippen LogP contribution in [0, 0.1) is 11.8 Å². The van der Waals surface area contributed by atoms with Gasteiger partial charge in [0.2, 0.25) is 0 Å². The number of aryl methyl sites for hydroxylation is 1. The highest BCUT2D eigenvalue weighted by Crippen LogP contribution is 2.24. The molecular weight excluding hydrogens is 439 g/mol. The molecule has 2 rings (SSSR count). The first kappa shape index (κ1) is 21.1. The average Bonchev–Trinajstić information content (AvgIpc) is 3.17. The molecule has 0 aromatic carbocycles. The van der Waals surface area contributed by atoms with Crippen molar-refractivity contribution in [3.63, 3.8) is 0 Å². The van der Waals surface area contributed by atoms with Crippen LogP contribution >= 0.6 is 35.3 Å². The maximum atomic E-state index is 11.8. The Kier molecular flexibility index (Phi) is 8.96. The Bertz CT molecular complexity index is 564. The van der Waals surface area contributed by atoms with E-state index in [1.54, 1.807) is 11.3 Å². The van der Waals surface area contributed by atoms with Crippen LogP contribution in [0.4, 0.5) is 0 Å². The minimum absolute atomic E-state index is 0. The smallest absolute Gasteiger partial charge is 0.310 e. The number of hydrogen-bond donors (Lipinski definition) is 1. The van der Waals surface area contributed by atoms with Crippen molar-refractivity contribution in [1.29, 1.82) is 0 Å². The van der Waals surface area contributed by atoms with Gasteiger partial charge in [0, 0.05) is 25.0 Å². The van der Waals surface area contributed by atoms with Crippen LogP contribution < -0.4 is 5.32 Å². The normalized spacial score (nSPS) is 20.7. The molecule has 8 heteroatoms. The van der Waals surface area contributed by atoms with Crippen molar-refractivity contribution in [2.45, 2.75) is 33.7 Å². The maximum Gasteiger partial charge on any atom is 0.310 e. The van der Waals surface area contributed by atoms with Crippen molar-refractivity contribution >= 4 is 47.2 Å². The number of aromatic nitrogens is 1. The predicted molar refractivity (Wildman–Crippen MR) is 108 cm³/mol. The van der Waals surface area contributed by atoms with Gasteiger partial charge in [0.1, 0.15) is 0 Å². The van der Waals surface area contributed by atoms with Gasteiger partial charge in [-0.2, -0.15) is 0 Å². The number of halogens is 1. The molecule has 0 amide bonds. The molecule has 6 nitrogen and oxygen atoms in total. The third-order valence-corrected chi connectivity index (χ3v) is 5.09. The second-order valence-corrected chi connectivity index (χ2v) is 6.71. The van der Waals surface area contributed by atoms with Crippen molar-refractivity contribution in [3.8, 4) is 0 Å². The first-order valence-electron chi connectivity index (χ1n) is 8.13. The highest BCUT2D eigenvalue weighted by molar-refractivity contribution is 14.0. The number of methoxy groups -OCH3 is 1. The van der Waals surface area contributed by atoms with E-state index in [0.29, 0.717) is 13.1 Å². The summed E-state index contributed by atoms with van der Waals surface area (Å²) in [6.07, 6.45) is 0.957. The number of nitrogens with zero attached hydrogens (tertiary/aromatic N) is 3. The molecule has 0 bridgehead atoms. The molecule has 2 atom stereocenters. The summed E-state index contributed by atoms with van der Waals surface area (Å²) in [5.74, 6) is 0.881. The zero-order valence-electron chi connectivity index (χ0n) is 14.7. The van der Waals surface area contributed by atoms with Gasteiger partial charge in [0.25, 0.3) is 0 Å². The molecular formula is C16H27IN4O2S. The summed E-state index contributed by atoms with van der Waals surface area (Å²) < 4.78 is 4.90. The number of esters is 1. The Labute approximate surface area is 165 Å². The van der Waals surface area contributed by atoms with Gasteiger partial charge < -0.3 is 15.0 Å². The number of nitrogens with one attached hydrogen (secondary N) is 1. The van der Waals surface area contributed by atoms with Crippen LogP contribution in [0.25, 0.3) is 0 Å². The number of hydrogen-bond acceptors (Lipinski definition) is 5. The fourth-order valence-electron chi connectivity index (χ4n) is 2.76. The largest absolute Gasteiger partial charge is 0.469 e. The number of rotatable bonds is 5. The Morgan fingerprint density at radius 1 is 1.50 bits per heavy atom. The van der Waals surface area contributed by atoms with Crippen LogP contribution in [0.2, 0.25) is 0 Å². The monoisotopic (exact) mass is 466 g/mol. The third-order valence-electron chi connectivity index (χ3n) is 4.04. The van der Waals surface area contributed by atoms with Gasteiger partial charge in [-0.05, 0) is 19.3 Å². The van der Waals surface area contributed by atoms with Gasteiger partial charge >= 0.3 is 5.97 Å². The predicted octanol–water partition coefficient (Wildman–Crippen LogP) is 2.53. The zero-order valence-corrected chi connectivity index (χ0v) is 17.9. The molecule has 136 valence electrons. The Hall–Kier alpha value is -0.900. The Morgan fingerprint density at radius 2 is 2.25 bits per heavy atom. The maximum absolute atomic E-state index is 11.8. The molecule has 1 N–H and O–H groups in total. The van der Waals surface area contributed by atoms with Crippen LogP contribution in [-0.2, 0) is 22.5 Å². The molecule has 0 saturated carbocycles. The van der Waals surface area contributed by atoms with Crippen LogP contribution in [-0.4, -0.2) is 48.6 Å². The second-order valence-electron chi connectivity index (χ2n) is 5.77. The summed E-state index contributed by atoms with van der Waals surface area (Å²) in [5.41, 5.74) is 0.999. The highest BCUT2D eigenvalue weighted by Gasteiger charge is 2.36. The van der Waals surface area contributed by atoms with Crippen molar-refractivity contribution in [1.82, 2.24) is 15.2 Å². The number of aliphatic imine (C=N–C) groups is 1. The van der Waals surface area contributed by atoms with Crippen molar-refractivity contribution in [2.24, 2.45) is 16.8 Å². The molecule has 0 spiro atoms. The molecule has 2 unspecified atom stereocenters. The van der Waals surface area contributed by atoms with E-state index in [2.05, 4.69) is 34.4 Å². The summed E-state index contributed by atoms with van der Waals surface area (Å²) in [6, 6.07) is 0. The molecule has 0 radical (unpaired) electrons. The number of carbonyl (C=O) groups excluding carboxylic acids is 1. The molecule has 1 aliphatic rings. The zero-order chi connectivity index (χ0) is 16.8. The van der Waals surface area contributed by atoms with Gasteiger partial charge in [-0.25, -0.2) is 9.98 Å². The average molecular weight is 466 g/mol. The van der Waals surface area contributed by atoms with Crippen molar-refractivity contribution in [3.05, 3.63) is 16.1 Å². The molecule has 1 saturated heterocycles. The van der Waals surface area contributed by atoms with E-state index in [4.69, 9.17) is 9.73 Å². The fraction of sp³-hybridized carbons (Fsp3) is 0.688. The van der Waals surface area contributed by atoms with E-state index in [1.165, 1.54) is 7.11 Å². The van der Waals surface area contributed by atoms with E-state index in [9.17, 15) is 4.79 Å². The minimum atomic E-state index is -0.136. The van der Waals surface area contributed by atoms with E-state index in [1.807, 2.05) is 6.92 Å². The topological polar surface area (TPSA) is 66.8 Å². The SMILES string of the molecule is CCNC(=NCc1csc(CC)n1)N1CC(C)C(C(=O)OC)C1.I. The van der Waals surface area contributed by atoms with Crippen LogP contribution in [0.1, 0.15) is 31.5 Å². The van der Waals surface area contributed by atoms with Crippen LogP contribution in [0.15, 0.2) is 10.4 Å². The highest BCUT2D eigenvalue weighted by atomic mass is 127. The van der Waals surface area contributed by atoms with E-state index >= 15 is 0 Å². The third kappa shape index (κ3) is 5.30. The Morgan fingerprint density at radius 3 is 2.83 bits per heavy atom. The first-order valence-corrected chi connectivity index (χ1v) is 9.01. The lowest BCUT2D eigenvalue weighted by Crippen LogP contribution is -2.40. The van der Waals surface area contributed by atoms with E-state index in [0.717, 1.165) is 36.2 Å². The number of thiazole rings is 1. The van der Waals surface area contributed by atoms with Crippen molar-refractivity contribution in [2.75, 3.05) is 26.7 Å². The molecule has 1 fully saturated rings. The lowest BCUT2D eigenvalue weighted by atomic mass is 9.99. The molecule has 1 aliphatic heterocycles. The van der Waals surface area contributed by atoms with Crippen LogP contribution in [0.5, 0.6) is 0 Å². The summed E-state index contributed by atoms with van der Waals surface area (Å²) in [5, 5.41) is 6.52. The number of likely N-dealkylation sites (tertiary alicyclic amines) is 1. The molecule has 0 aliphatic carbocycles. The molecule has 1 aromatic heterocycles. The van der Waals surface area contributed by atoms with Gasteiger partial charge in [-0.15, -0.1) is 35.3 Å². The van der Waals surface area contributed by atoms with Gasteiger partial charge in [-0.3, -0.25) is 4.79 Å². The quantitative estimate of drug-likeness (QED) is 0.313. The van der Waals surface area contributed by atoms with E-state index in [-0.39, 0.29) is 41.8 Å². The number of carbonyl (C=O) groups is 1. The summed E-state index contributed by atoms with van der Waals surface area (Å²) >= 11 is 1.68. The lowest BCUT2D eigenvalue weighted by molar-refractivity contribution is -0.145. The van der Waals surface area contributed by atoms with Crippen LogP contribution in [0.3, 0.4) is 0 Å². The summed E-state index contributed by atoms with van der Waals surface area (Å²) in [7, 11) is 1.45. The lowest BCUT2D eigenvalue weighted by Gasteiger charge is -2.21. The van der Waals surface area contributed by atoms with Gasteiger partial charge in [-0.1, -0.05) is 13.8 Å². The van der Waals surface area contributed by atoms with Gasteiger partial charge in [0.15, 0.2) is 5.96 Å². The molecule has 24 heavy (non-hydrogen) atoms. The second kappa shape index (κ2) is 10.2. The number of ether oxygens (including phenoxy) is 1. The first-order chi connectivity index (χ1) is 11.1. The van der Waals surface area contributed by atoms with E-state index < -0.39 is 0 Å². The summed E-state index contributed by atoms with van der Waals surface area (Å²) in [4.78, 5) is 23.2. The minimum Gasteiger partial charge on any atom is -0.469 e. The molecule has 1 aromatic rings. The summed E-state index contributed by atoms with van der Waals surface area (Å²) in [6.45, 7) is 9.05. The molecule has 2 heterocycles. The van der Waals surface area contributed by atoms with Crippen molar-refractivity contribution < 1.29 is 9.53 Å². The van der Waals surface area contributed by atoms with Gasteiger partial charge in [0.05, 0.1) is 30.3 Å². The Balaban J connectivity index is 0.00000288. The standard InChI is InChI=1S/C16H26N4O2S.HI/c1-5-14-19-12(10-23-14)7-18-16(17-6-2)20-8-11(3)13(9-20)15(21)22-4;/h10-11,13H,5-9H2,1-4H3,(H,17,18);1H. The fourth-order valence-corrected chi connectivity index (χ4v) is 3.50.